The van der Waals surface area contributed by atoms with Crippen molar-refractivity contribution in [1.82, 2.24) is 24.8 Å². The van der Waals surface area contributed by atoms with E-state index >= 15 is 0 Å². The normalized spacial score (nSPS) is 17.4. The predicted octanol–water partition coefficient (Wildman–Crippen LogP) is 2.11. The largest absolute Gasteiger partial charge is 0.467 e. The molecule has 0 aliphatic carbocycles. The first-order valence-corrected chi connectivity index (χ1v) is 9.01. The molecular formula is C17H19N5O2S. The minimum Gasteiger partial charge on any atom is -0.467 e. The van der Waals surface area contributed by atoms with Crippen molar-refractivity contribution in [2.24, 2.45) is 0 Å². The fraction of sp³-hybridized carbons (Fsp3) is 0.353. The number of aryl methyl sites for hydroxylation is 1. The molecule has 0 saturated heterocycles. The fourth-order valence-electron chi connectivity index (χ4n) is 3.11. The van der Waals surface area contributed by atoms with Gasteiger partial charge in [0.15, 0.2) is 0 Å². The number of nitrogens with one attached hydrogen (secondary N) is 1. The Morgan fingerprint density at radius 3 is 3.20 bits per heavy atom. The van der Waals surface area contributed by atoms with E-state index in [1.165, 1.54) is 0 Å². The third kappa shape index (κ3) is 3.49. The summed E-state index contributed by atoms with van der Waals surface area (Å²) >= 11 is 1.65. The van der Waals surface area contributed by atoms with Crippen LogP contribution in [0.25, 0.3) is 0 Å². The van der Waals surface area contributed by atoms with Gasteiger partial charge < -0.3 is 14.3 Å². The van der Waals surface area contributed by atoms with Gasteiger partial charge in [0.1, 0.15) is 11.8 Å². The molecule has 0 bridgehead atoms. The summed E-state index contributed by atoms with van der Waals surface area (Å²) in [7, 11) is 0. The highest BCUT2D eigenvalue weighted by Crippen LogP contribution is 2.23. The summed E-state index contributed by atoms with van der Waals surface area (Å²) in [4.78, 5) is 23.7. The van der Waals surface area contributed by atoms with Gasteiger partial charge >= 0.3 is 0 Å². The first kappa shape index (κ1) is 16.0. The number of nitrogens with zero attached hydrogens (tertiary/aromatic N) is 4. The summed E-state index contributed by atoms with van der Waals surface area (Å²) < 4.78 is 7.24. The van der Waals surface area contributed by atoms with Crippen LogP contribution in [0.15, 0.2) is 40.7 Å². The highest BCUT2D eigenvalue weighted by atomic mass is 32.1. The molecule has 0 saturated carbocycles. The molecule has 1 unspecified atom stereocenters. The van der Waals surface area contributed by atoms with E-state index in [2.05, 4.69) is 25.6 Å². The molecule has 0 aromatic carbocycles. The molecule has 130 valence electrons. The van der Waals surface area contributed by atoms with E-state index in [9.17, 15) is 4.79 Å². The lowest BCUT2D eigenvalue weighted by molar-refractivity contribution is -0.126. The Hall–Kier alpha value is -2.45. The minimum absolute atomic E-state index is 0.0326. The van der Waals surface area contributed by atoms with Crippen LogP contribution < -0.4 is 5.32 Å². The Morgan fingerprint density at radius 2 is 2.44 bits per heavy atom. The number of amides is 1. The molecule has 1 N–H and O–H groups in total. The quantitative estimate of drug-likeness (QED) is 0.757. The molecule has 8 heteroatoms. The van der Waals surface area contributed by atoms with Crippen LogP contribution in [0.5, 0.6) is 0 Å². The summed E-state index contributed by atoms with van der Waals surface area (Å²) in [5.74, 6) is 0.708. The van der Waals surface area contributed by atoms with Crippen molar-refractivity contribution in [3.05, 3.63) is 58.5 Å². The van der Waals surface area contributed by atoms with Crippen molar-refractivity contribution in [3.8, 4) is 0 Å². The first-order valence-electron chi connectivity index (χ1n) is 8.13. The van der Waals surface area contributed by atoms with Crippen molar-refractivity contribution in [1.29, 1.82) is 0 Å². The second kappa shape index (κ2) is 6.81. The van der Waals surface area contributed by atoms with Gasteiger partial charge in [-0.2, -0.15) is 0 Å². The van der Waals surface area contributed by atoms with E-state index in [0.717, 1.165) is 35.2 Å². The van der Waals surface area contributed by atoms with Crippen LogP contribution in [0.1, 0.15) is 28.2 Å². The van der Waals surface area contributed by atoms with E-state index in [1.807, 2.05) is 29.8 Å². The zero-order valence-corrected chi connectivity index (χ0v) is 14.7. The monoisotopic (exact) mass is 357 g/mol. The smallest absolute Gasteiger partial charge is 0.244 e. The number of rotatable bonds is 5. The maximum atomic E-state index is 12.7. The van der Waals surface area contributed by atoms with Gasteiger partial charge in [-0.05, 0) is 19.1 Å². The van der Waals surface area contributed by atoms with E-state index in [0.29, 0.717) is 13.1 Å². The maximum absolute atomic E-state index is 12.7. The molecule has 0 spiro atoms. The molecule has 4 rings (SSSR count). The van der Waals surface area contributed by atoms with Gasteiger partial charge in [-0.3, -0.25) is 9.69 Å². The highest BCUT2D eigenvalue weighted by Gasteiger charge is 2.30. The first-order chi connectivity index (χ1) is 12.2. The van der Waals surface area contributed by atoms with E-state index in [-0.39, 0.29) is 11.9 Å². The number of hydrogen-bond donors (Lipinski definition) is 1. The van der Waals surface area contributed by atoms with Gasteiger partial charge in [0.05, 0.1) is 35.5 Å². The number of hydrogen-bond acceptors (Lipinski definition) is 6. The number of furan rings is 1. The number of carbonyl (C=O) groups is 1. The lowest BCUT2D eigenvalue weighted by Gasteiger charge is -2.33. The van der Waals surface area contributed by atoms with Crippen molar-refractivity contribution in [3.63, 3.8) is 0 Å². The summed E-state index contributed by atoms with van der Waals surface area (Å²) in [6, 6.07) is 3.36. The SMILES string of the molecule is Cc1nc(CN2Cc3cncn3C(C(=O)NCc3ccco3)C2)cs1. The van der Waals surface area contributed by atoms with Crippen LogP contribution in [0.2, 0.25) is 0 Å². The Labute approximate surface area is 149 Å². The minimum atomic E-state index is -0.305. The van der Waals surface area contributed by atoms with Crippen molar-refractivity contribution in [2.45, 2.75) is 32.6 Å². The van der Waals surface area contributed by atoms with Crippen LogP contribution in [0.4, 0.5) is 0 Å². The van der Waals surface area contributed by atoms with Crippen LogP contribution in [-0.4, -0.2) is 31.9 Å². The number of aromatic nitrogens is 3. The zero-order valence-electron chi connectivity index (χ0n) is 13.9. The summed E-state index contributed by atoms with van der Waals surface area (Å²) in [6.07, 6.45) is 5.16. The molecule has 3 aromatic rings. The molecule has 1 aliphatic rings. The molecule has 7 nitrogen and oxygen atoms in total. The molecular weight excluding hydrogens is 338 g/mol. The lowest BCUT2D eigenvalue weighted by Crippen LogP contribution is -2.44. The second-order valence-electron chi connectivity index (χ2n) is 6.13. The third-order valence-electron chi connectivity index (χ3n) is 4.27. The van der Waals surface area contributed by atoms with E-state index in [4.69, 9.17) is 4.42 Å². The molecule has 4 heterocycles. The fourth-order valence-corrected chi connectivity index (χ4v) is 3.71. The van der Waals surface area contributed by atoms with Crippen molar-refractivity contribution in [2.75, 3.05) is 6.54 Å². The highest BCUT2D eigenvalue weighted by molar-refractivity contribution is 7.09. The van der Waals surface area contributed by atoms with Crippen LogP contribution >= 0.6 is 11.3 Å². The Kier molecular flexibility index (Phi) is 4.37. The third-order valence-corrected chi connectivity index (χ3v) is 5.09. The Balaban J connectivity index is 1.47. The van der Waals surface area contributed by atoms with Gasteiger partial charge in [0.25, 0.3) is 0 Å². The molecule has 3 aromatic heterocycles. The number of carbonyl (C=O) groups excluding carboxylic acids is 1. The topological polar surface area (TPSA) is 76.2 Å². The standard InChI is InChI=1S/C17H19N5O2S/c1-12-20-13(10-25-12)7-21-8-14-5-18-11-22(14)16(9-21)17(23)19-6-15-3-2-4-24-15/h2-5,10-11,16H,6-9H2,1H3,(H,19,23). The number of thiazole rings is 1. The van der Waals surface area contributed by atoms with Crippen LogP contribution in [0, 0.1) is 6.92 Å². The van der Waals surface area contributed by atoms with E-state index in [1.54, 1.807) is 23.9 Å². The number of fused-ring (bicyclic) bond motifs is 1. The average molecular weight is 357 g/mol. The van der Waals surface area contributed by atoms with Gasteiger partial charge in [0.2, 0.25) is 5.91 Å². The van der Waals surface area contributed by atoms with Crippen molar-refractivity contribution < 1.29 is 9.21 Å². The predicted molar refractivity (Wildman–Crippen MR) is 92.8 cm³/mol. The van der Waals surface area contributed by atoms with Gasteiger partial charge in [-0.25, -0.2) is 9.97 Å². The van der Waals surface area contributed by atoms with E-state index < -0.39 is 0 Å². The van der Waals surface area contributed by atoms with Crippen LogP contribution in [-0.2, 0) is 24.4 Å². The maximum Gasteiger partial charge on any atom is 0.244 e. The van der Waals surface area contributed by atoms with Crippen LogP contribution in [0.3, 0.4) is 0 Å². The summed E-state index contributed by atoms with van der Waals surface area (Å²) in [5, 5.41) is 6.09. The van der Waals surface area contributed by atoms with Gasteiger partial charge in [-0.15, -0.1) is 11.3 Å². The molecule has 0 fully saturated rings. The Morgan fingerprint density at radius 1 is 1.52 bits per heavy atom. The van der Waals surface area contributed by atoms with Crippen molar-refractivity contribution >= 4 is 17.2 Å². The van der Waals surface area contributed by atoms with Gasteiger partial charge in [0, 0.05) is 31.2 Å². The van der Waals surface area contributed by atoms with Gasteiger partial charge in [-0.1, -0.05) is 0 Å². The molecule has 1 atom stereocenters. The summed E-state index contributed by atoms with van der Waals surface area (Å²) in [5.41, 5.74) is 2.08. The number of imidazole rings is 1. The molecule has 0 radical (unpaired) electrons. The molecule has 1 aliphatic heterocycles. The lowest BCUT2D eigenvalue weighted by atomic mass is 10.1. The molecule has 1 amide bonds. The summed E-state index contributed by atoms with van der Waals surface area (Å²) in [6.45, 7) is 4.52. The zero-order chi connectivity index (χ0) is 17.2. The average Bonchev–Trinajstić information content (AvgIpc) is 3.33. The second-order valence-corrected chi connectivity index (χ2v) is 7.19. The Bertz CT molecular complexity index is 854. The molecule has 25 heavy (non-hydrogen) atoms.